The molecule has 2 amide bonds. The van der Waals surface area contributed by atoms with Gasteiger partial charge in [0.1, 0.15) is 11.7 Å². The fraction of sp³-hybridized carbons (Fsp3) is 0.370. The zero-order chi connectivity index (χ0) is 25.7. The van der Waals surface area contributed by atoms with Crippen molar-refractivity contribution in [1.29, 1.82) is 0 Å². The Morgan fingerprint density at radius 1 is 1.14 bits per heavy atom. The summed E-state index contributed by atoms with van der Waals surface area (Å²) in [6, 6.07) is 11.6. The molecule has 36 heavy (non-hydrogen) atoms. The number of fused-ring (bicyclic) bond motifs is 1. The van der Waals surface area contributed by atoms with Crippen LogP contribution in [0.1, 0.15) is 34.5 Å². The molecule has 0 spiro atoms. The number of benzene rings is 1. The fourth-order valence-electron chi connectivity index (χ4n) is 4.72. The first-order valence-corrected chi connectivity index (χ1v) is 12.2. The summed E-state index contributed by atoms with van der Waals surface area (Å²) in [5, 5.41) is 6.71. The van der Waals surface area contributed by atoms with E-state index in [-0.39, 0.29) is 41.2 Å². The van der Waals surface area contributed by atoms with E-state index >= 15 is 0 Å². The molecule has 1 fully saturated rings. The Balaban J connectivity index is 1.34. The summed E-state index contributed by atoms with van der Waals surface area (Å²) in [5.74, 6) is -0.625. The van der Waals surface area contributed by atoms with Crippen LogP contribution in [-0.2, 0) is 16.0 Å². The van der Waals surface area contributed by atoms with Crippen LogP contribution in [0.3, 0.4) is 0 Å². The van der Waals surface area contributed by atoms with Gasteiger partial charge in [-0.05, 0) is 62.2 Å². The molecule has 1 aromatic carbocycles. The number of carbonyl (C=O) groups excluding carboxylic acids is 3. The number of pyridine rings is 2. The molecular formula is C27H31N5O4. The second kappa shape index (κ2) is 11.3. The number of amides is 2. The van der Waals surface area contributed by atoms with Crippen molar-refractivity contribution in [2.75, 3.05) is 26.7 Å². The topological polar surface area (TPSA) is 124 Å². The molecule has 3 N–H and O–H groups in total. The first kappa shape index (κ1) is 25.2. The second-order valence-corrected chi connectivity index (χ2v) is 9.23. The van der Waals surface area contributed by atoms with Crippen molar-refractivity contribution < 1.29 is 14.4 Å². The number of likely N-dealkylation sites (tertiary alicyclic amines) is 1. The summed E-state index contributed by atoms with van der Waals surface area (Å²) in [4.78, 5) is 59.0. The van der Waals surface area contributed by atoms with Crippen molar-refractivity contribution in [3.8, 4) is 0 Å². The summed E-state index contributed by atoms with van der Waals surface area (Å²) in [5.41, 5.74) is 2.62. The second-order valence-electron chi connectivity index (χ2n) is 9.23. The number of aryl methyl sites for hydroxylation is 1. The van der Waals surface area contributed by atoms with E-state index < -0.39 is 6.04 Å². The van der Waals surface area contributed by atoms with E-state index in [1.165, 1.54) is 6.20 Å². The molecule has 0 aliphatic carbocycles. The number of nitrogens with one attached hydrogen (secondary N) is 3. The van der Waals surface area contributed by atoms with Gasteiger partial charge >= 0.3 is 0 Å². The number of hydrogen-bond acceptors (Lipinski definition) is 6. The number of nitrogens with zero attached hydrogens (tertiary/aromatic N) is 2. The zero-order valence-corrected chi connectivity index (χ0v) is 20.5. The van der Waals surface area contributed by atoms with E-state index in [2.05, 4.69) is 20.6 Å². The predicted octanol–water partition coefficient (Wildman–Crippen LogP) is 1.60. The van der Waals surface area contributed by atoms with Gasteiger partial charge in [0.25, 0.3) is 5.91 Å². The third kappa shape index (κ3) is 5.85. The van der Waals surface area contributed by atoms with Gasteiger partial charge in [-0.3, -0.25) is 24.2 Å². The lowest BCUT2D eigenvalue weighted by molar-refractivity contribution is -0.134. The highest BCUT2D eigenvalue weighted by atomic mass is 16.2. The smallest absolute Gasteiger partial charge is 0.270 e. The van der Waals surface area contributed by atoms with Gasteiger partial charge in [-0.1, -0.05) is 12.1 Å². The standard InChI is InChI=1S/C27H31N5O4/c1-17-13-24(33)30-21-7-6-18(14-20(17)21)15-25(34)32-11-8-19(9-12-32)26(35)23(16-28-2)31-27(36)22-5-3-4-10-29-22/h3-7,10,13-14,19,23,28H,8-9,11-12,15-16H2,1-2H3,(H,30,33)(H,31,36). The largest absolute Gasteiger partial charge is 0.342 e. The van der Waals surface area contributed by atoms with Crippen LogP contribution in [-0.4, -0.2) is 65.2 Å². The maximum atomic E-state index is 13.2. The summed E-state index contributed by atoms with van der Waals surface area (Å²) in [6.45, 7) is 3.19. The Labute approximate surface area is 209 Å². The number of hydrogen-bond donors (Lipinski definition) is 3. The Hall–Kier alpha value is -3.85. The molecule has 1 unspecified atom stereocenters. The Bertz CT molecular complexity index is 1310. The third-order valence-corrected chi connectivity index (χ3v) is 6.67. The number of Topliss-reactive ketones (excluding diaryl/α,β-unsaturated/α-hetero) is 1. The van der Waals surface area contributed by atoms with Gasteiger partial charge in [-0.2, -0.15) is 0 Å². The van der Waals surface area contributed by atoms with Gasteiger partial charge in [-0.15, -0.1) is 0 Å². The van der Waals surface area contributed by atoms with Crippen LogP contribution in [0.15, 0.2) is 53.5 Å². The van der Waals surface area contributed by atoms with Gasteiger partial charge in [0, 0.05) is 48.7 Å². The zero-order valence-electron chi connectivity index (χ0n) is 20.5. The van der Waals surface area contributed by atoms with Crippen LogP contribution in [0.5, 0.6) is 0 Å². The molecule has 9 heteroatoms. The summed E-state index contributed by atoms with van der Waals surface area (Å²) >= 11 is 0. The molecule has 3 heterocycles. The number of ketones is 1. The minimum Gasteiger partial charge on any atom is -0.342 e. The lowest BCUT2D eigenvalue weighted by atomic mass is 9.88. The van der Waals surface area contributed by atoms with Gasteiger partial charge in [0.05, 0.1) is 6.42 Å². The van der Waals surface area contributed by atoms with Crippen LogP contribution in [0.25, 0.3) is 10.9 Å². The first-order chi connectivity index (χ1) is 17.4. The molecule has 0 bridgehead atoms. The molecule has 0 saturated carbocycles. The quantitative estimate of drug-likeness (QED) is 0.442. The predicted molar refractivity (Wildman–Crippen MR) is 137 cm³/mol. The van der Waals surface area contributed by atoms with E-state index in [9.17, 15) is 19.2 Å². The van der Waals surface area contributed by atoms with Crippen LogP contribution < -0.4 is 16.2 Å². The number of aromatic amines is 1. The highest BCUT2D eigenvalue weighted by Crippen LogP contribution is 2.22. The minimum absolute atomic E-state index is 0.0116. The number of likely N-dealkylation sites (N-methyl/N-ethyl adjacent to an activating group) is 1. The summed E-state index contributed by atoms with van der Waals surface area (Å²) < 4.78 is 0. The van der Waals surface area contributed by atoms with E-state index in [0.29, 0.717) is 32.5 Å². The molecule has 2 aromatic heterocycles. The van der Waals surface area contributed by atoms with Crippen LogP contribution in [0.2, 0.25) is 0 Å². The molecule has 1 aliphatic rings. The minimum atomic E-state index is -0.663. The van der Waals surface area contributed by atoms with Crippen molar-refractivity contribution in [1.82, 2.24) is 25.5 Å². The summed E-state index contributed by atoms with van der Waals surface area (Å²) in [6.07, 6.45) is 2.91. The highest BCUT2D eigenvalue weighted by molar-refractivity contribution is 5.97. The molecule has 9 nitrogen and oxygen atoms in total. The molecule has 188 valence electrons. The van der Waals surface area contributed by atoms with Crippen LogP contribution >= 0.6 is 0 Å². The molecule has 1 saturated heterocycles. The Kier molecular flexibility index (Phi) is 7.90. The van der Waals surface area contributed by atoms with Crippen molar-refractivity contribution in [3.63, 3.8) is 0 Å². The number of H-pyrrole nitrogens is 1. The van der Waals surface area contributed by atoms with E-state index in [0.717, 1.165) is 22.0 Å². The molecular weight excluding hydrogens is 458 g/mol. The normalized spacial score (nSPS) is 15.0. The van der Waals surface area contributed by atoms with Gasteiger partial charge in [-0.25, -0.2) is 0 Å². The van der Waals surface area contributed by atoms with Crippen molar-refractivity contribution in [3.05, 3.63) is 75.8 Å². The van der Waals surface area contributed by atoms with E-state index in [1.54, 1.807) is 36.2 Å². The maximum absolute atomic E-state index is 13.2. The van der Waals surface area contributed by atoms with Crippen molar-refractivity contribution in [2.45, 2.75) is 32.2 Å². The van der Waals surface area contributed by atoms with Crippen LogP contribution in [0.4, 0.5) is 0 Å². The van der Waals surface area contributed by atoms with Gasteiger partial charge < -0.3 is 20.5 Å². The average Bonchev–Trinajstić information content (AvgIpc) is 2.89. The Morgan fingerprint density at radius 2 is 1.92 bits per heavy atom. The third-order valence-electron chi connectivity index (χ3n) is 6.67. The molecule has 4 rings (SSSR count). The maximum Gasteiger partial charge on any atom is 0.270 e. The SMILES string of the molecule is CNCC(NC(=O)c1ccccn1)C(=O)C1CCN(C(=O)Cc2ccc3[nH]c(=O)cc(C)c3c2)CC1. The average molecular weight is 490 g/mol. The summed E-state index contributed by atoms with van der Waals surface area (Å²) in [7, 11) is 1.74. The molecule has 1 atom stereocenters. The molecule has 0 radical (unpaired) electrons. The van der Waals surface area contributed by atoms with Crippen molar-refractivity contribution in [2.24, 2.45) is 5.92 Å². The van der Waals surface area contributed by atoms with E-state index in [1.807, 2.05) is 25.1 Å². The fourth-order valence-corrected chi connectivity index (χ4v) is 4.72. The molecule has 1 aliphatic heterocycles. The van der Waals surface area contributed by atoms with E-state index in [4.69, 9.17) is 0 Å². The number of rotatable bonds is 8. The van der Waals surface area contributed by atoms with Crippen molar-refractivity contribution >= 4 is 28.5 Å². The highest BCUT2D eigenvalue weighted by Gasteiger charge is 2.32. The first-order valence-electron chi connectivity index (χ1n) is 12.2. The lowest BCUT2D eigenvalue weighted by Crippen LogP contribution is -2.51. The van der Waals surface area contributed by atoms with Gasteiger partial charge in [0.2, 0.25) is 11.5 Å². The van der Waals surface area contributed by atoms with Gasteiger partial charge in [0.15, 0.2) is 5.78 Å². The number of aromatic nitrogens is 2. The Morgan fingerprint density at radius 3 is 2.61 bits per heavy atom. The van der Waals surface area contributed by atoms with Crippen LogP contribution in [0, 0.1) is 12.8 Å². The monoisotopic (exact) mass is 489 g/mol. The lowest BCUT2D eigenvalue weighted by Gasteiger charge is -2.33. The number of carbonyl (C=O) groups is 3. The molecule has 3 aromatic rings. The number of piperidine rings is 1.